The zero-order chi connectivity index (χ0) is 24.3. The molecule has 5 nitrogen and oxygen atoms in total. The molecule has 7 heteroatoms. The van der Waals surface area contributed by atoms with Gasteiger partial charge in [0.15, 0.2) is 0 Å². The Morgan fingerprint density at radius 1 is 0.970 bits per heavy atom. The van der Waals surface area contributed by atoms with Crippen LogP contribution in [0, 0.1) is 27.7 Å². The fourth-order valence-electron chi connectivity index (χ4n) is 3.81. The SMILES string of the molecule is Cc1ccc(S(=O)(=O)N(CC(=O)N[C@@H](C)c2ccc(C)cc2C)c2cccc(Cl)c2C)cc1. The van der Waals surface area contributed by atoms with Gasteiger partial charge in [-0.2, -0.15) is 0 Å². The van der Waals surface area contributed by atoms with E-state index in [-0.39, 0.29) is 17.5 Å². The van der Waals surface area contributed by atoms with Gasteiger partial charge in [0, 0.05) is 5.02 Å². The monoisotopic (exact) mass is 484 g/mol. The summed E-state index contributed by atoms with van der Waals surface area (Å²) in [6.45, 7) is 9.16. The van der Waals surface area contributed by atoms with Gasteiger partial charge in [0.05, 0.1) is 16.6 Å². The van der Waals surface area contributed by atoms with E-state index >= 15 is 0 Å². The van der Waals surface area contributed by atoms with Crippen LogP contribution in [0.15, 0.2) is 65.6 Å². The molecule has 1 atom stereocenters. The Bertz CT molecular complexity index is 1270. The van der Waals surface area contributed by atoms with Gasteiger partial charge in [-0.1, -0.05) is 59.1 Å². The standard InChI is InChI=1S/C26H29ClN2O3S/c1-17-9-12-22(13-10-17)33(31,32)29(25-8-6-7-24(27)20(25)4)16-26(30)28-21(5)23-14-11-18(2)15-19(23)3/h6-15,21H,16H2,1-5H3,(H,28,30)/t21-/m0/s1. The molecule has 0 heterocycles. The van der Waals surface area contributed by atoms with Crippen LogP contribution >= 0.6 is 11.6 Å². The summed E-state index contributed by atoms with van der Waals surface area (Å²) in [5.74, 6) is -0.405. The van der Waals surface area contributed by atoms with Crippen LogP contribution in [0.4, 0.5) is 5.69 Å². The zero-order valence-electron chi connectivity index (χ0n) is 19.5. The molecule has 0 radical (unpaired) electrons. The van der Waals surface area contributed by atoms with Gasteiger partial charge in [0.2, 0.25) is 5.91 Å². The van der Waals surface area contributed by atoms with Crippen molar-refractivity contribution in [2.45, 2.75) is 45.6 Å². The molecule has 3 aromatic rings. The Morgan fingerprint density at radius 3 is 2.24 bits per heavy atom. The summed E-state index contributed by atoms with van der Waals surface area (Å²) < 4.78 is 28.3. The minimum atomic E-state index is -4.01. The highest BCUT2D eigenvalue weighted by molar-refractivity contribution is 7.92. The molecule has 0 saturated carbocycles. The number of carbonyl (C=O) groups is 1. The molecule has 174 valence electrons. The summed E-state index contributed by atoms with van der Waals surface area (Å²) in [6.07, 6.45) is 0. The van der Waals surface area contributed by atoms with Crippen molar-refractivity contribution in [3.05, 3.63) is 93.5 Å². The van der Waals surface area contributed by atoms with Crippen LogP contribution in [-0.2, 0) is 14.8 Å². The van der Waals surface area contributed by atoms with E-state index in [2.05, 4.69) is 11.4 Å². The van der Waals surface area contributed by atoms with E-state index in [9.17, 15) is 13.2 Å². The van der Waals surface area contributed by atoms with Gasteiger partial charge in [-0.25, -0.2) is 8.42 Å². The number of carbonyl (C=O) groups excluding carboxylic acids is 1. The van der Waals surface area contributed by atoms with Gasteiger partial charge in [0.1, 0.15) is 6.54 Å². The van der Waals surface area contributed by atoms with E-state index < -0.39 is 15.9 Å². The Morgan fingerprint density at radius 2 is 1.61 bits per heavy atom. The van der Waals surface area contributed by atoms with Crippen LogP contribution in [0.5, 0.6) is 0 Å². The lowest BCUT2D eigenvalue weighted by Crippen LogP contribution is -2.42. The summed E-state index contributed by atoms with van der Waals surface area (Å²) in [4.78, 5) is 13.2. The fraction of sp³-hybridized carbons (Fsp3) is 0.269. The number of hydrogen-bond donors (Lipinski definition) is 1. The molecule has 0 aliphatic carbocycles. The molecular weight excluding hydrogens is 456 g/mol. The molecule has 0 aliphatic heterocycles. The summed E-state index contributed by atoms with van der Waals surface area (Å²) in [5.41, 5.74) is 5.10. The average molecular weight is 485 g/mol. The normalized spacial score (nSPS) is 12.3. The quantitative estimate of drug-likeness (QED) is 0.471. The van der Waals surface area contributed by atoms with Crippen LogP contribution in [-0.4, -0.2) is 20.9 Å². The van der Waals surface area contributed by atoms with Crippen LogP contribution in [0.2, 0.25) is 5.02 Å². The van der Waals surface area contributed by atoms with E-state index in [1.54, 1.807) is 49.4 Å². The van der Waals surface area contributed by atoms with Crippen molar-refractivity contribution in [1.82, 2.24) is 5.32 Å². The Balaban J connectivity index is 1.95. The van der Waals surface area contributed by atoms with Crippen molar-refractivity contribution in [2.24, 2.45) is 0 Å². The summed E-state index contributed by atoms with van der Waals surface area (Å²) in [5, 5.41) is 3.38. The Labute approximate surface area is 201 Å². The van der Waals surface area contributed by atoms with Gasteiger partial charge in [0.25, 0.3) is 10.0 Å². The van der Waals surface area contributed by atoms with E-state index in [0.717, 1.165) is 26.6 Å². The lowest BCUT2D eigenvalue weighted by Gasteiger charge is -2.27. The summed E-state index contributed by atoms with van der Waals surface area (Å²) in [7, 11) is -4.01. The summed E-state index contributed by atoms with van der Waals surface area (Å²) >= 11 is 6.28. The maximum atomic E-state index is 13.6. The van der Waals surface area contributed by atoms with Gasteiger partial charge >= 0.3 is 0 Å². The predicted molar refractivity (Wildman–Crippen MR) is 134 cm³/mol. The molecule has 0 fully saturated rings. The van der Waals surface area contributed by atoms with Gasteiger partial charge in [-0.05, 0) is 75.6 Å². The molecule has 0 unspecified atom stereocenters. The number of halogens is 1. The number of aryl methyl sites for hydroxylation is 3. The highest BCUT2D eigenvalue weighted by atomic mass is 35.5. The minimum absolute atomic E-state index is 0.114. The highest BCUT2D eigenvalue weighted by Crippen LogP contribution is 2.31. The van der Waals surface area contributed by atoms with Crippen molar-refractivity contribution < 1.29 is 13.2 Å². The lowest BCUT2D eigenvalue weighted by molar-refractivity contribution is -0.120. The van der Waals surface area contributed by atoms with Gasteiger partial charge < -0.3 is 5.32 Å². The van der Waals surface area contributed by atoms with Crippen LogP contribution in [0.1, 0.15) is 40.8 Å². The molecule has 3 aromatic carbocycles. The largest absolute Gasteiger partial charge is 0.348 e. The molecule has 0 saturated heterocycles. The Hall–Kier alpha value is -2.83. The molecule has 0 bridgehead atoms. The van der Waals surface area contributed by atoms with Crippen molar-refractivity contribution in [3.8, 4) is 0 Å². The lowest BCUT2D eigenvalue weighted by atomic mass is 10.0. The molecule has 0 aliphatic rings. The number of anilines is 1. The second kappa shape index (κ2) is 9.98. The minimum Gasteiger partial charge on any atom is -0.348 e. The molecule has 0 aromatic heterocycles. The van der Waals surface area contributed by atoms with Gasteiger partial charge in [-0.15, -0.1) is 0 Å². The topological polar surface area (TPSA) is 66.5 Å². The molecule has 3 rings (SSSR count). The van der Waals surface area contributed by atoms with Crippen molar-refractivity contribution in [1.29, 1.82) is 0 Å². The second-order valence-electron chi connectivity index (χ2n) is 8.36. The first-order valence-corrected chi connectivity index (χ1v) is 12.5. The van der Waals surface area contributed by atoms with Gasteiger partial charge in [-0.3, -0.25) is 9.10 Å². The predicted octanol–water partition coefficient (Wildman–Crippen LogP) is 5.65. The summed E-state index contributed by atoms with van der Waals surface area (Å²) in [6, 6.07) is 17.4. The number of rotatable bonds is 7. The van der Waals surface area contributed by atoms with E-state index in [4.69, 9.17) is 11.6 Å². The first-order chi connectivity index (χ1) is 15.5. The smallest absolute Gasteiger partial charge is 0.264 e. The van der Waals surface area contributed by atoms with Crippen molar-refractivity contribution in [3.63, 3.8) is 0 Å². The Kier molecular flexibility index (Phi) is 7.50. The molecule has 1 N–H and O–H groups in total. The van der Waals surface area contributed by atoms with Crippen molar-refractivity contribution >= 4 is 33.2 Å². The third kappa shape index (κ3) is 5.57. The third-order valence-corrected chi connectivity index (χ3v) is 7.86. The van der Waals surface area contributed by atoms with Crippen LogP contribution in [0.3, 0.4) is 0 Å². The maximum absolute atomic E-state index is 13.6. The molecule has 1 amide bonds. The molecule has 33 heavy (non-hydrogen) atoms. The molecule has 0 spiro atoms. The number of nitrogens with one attached hydrogen (secondary N) is 1. The highest BCUT2D eigenvalue weighted by Gasteiger charge is 2.29. The zero-order valence-corrected chi connectivity index (χ0v) is 21.1. The third-order valence-electron chi connectivity index (χ3n) is 5.67. The first-order valence-electron chi connectivity index (χ1n) is 10.7. The van der Waals surface area contributed by atoms with Crippen LogP contribution < -0.4 is 9.62 Å². The average Bonchev–Trinajstić information content (AvgIpc) is 2.74. The second-order valence-corrected chi connectivity index (χ2v) is 10.6. The number of sulfonamides is 1. The van der Waals surface area contributed by atoms with E-state index in [0.29, 0.717) is 16.3 Å². The van der Waals surface area contributed by atoms with Crippen molar-refractivity contribution in [2.75, 3.05) is 10.8 Å². The van der Waals surface area contributed by atoms with Crippen LogP contribution in [0.25, 0.3) is 0 Å². The number of hydrogen-bond acceptors (Lipinski definition) is 3. The number of benzene rings is 3. The fourth-order valence-corrected chi connectivity index (χ4v) is 5.46. The number of nitrogens with zero attached hydrogens (tertiary/aromatic N) is 1. The van der Waals surface area contributed by atoms with E-state index in [1.807, 2.05) is 39.8 Å². The number of amides is 1. The molecular formula is C26H29ClN2O3S. The van der Waals surface area contributed by atoms with E-state index in [1.165, 1.54) is 0 Å². The maximum Gasteiger partial charge on any atom is 0.264 e. The first kappa shape index (κ1) is 24.8.